The fourth-order valence-corrected chi connectivity index (χ4v) is 3.48. The first-order valence-electron chi connectivity index (χ1n) is 6.29. The molecule has 2 aromatic carbocycles. The highest BCUT2D eigenvalue weighted by Crippen LogP contribution is 2.14. The smallest absolute Gasteiger partial charge is 0.205 e. The standard InChI is InChI=1S/C14H15NO5S2/c1-11-3-7-13(8-4-11)21(16,17)15-20-22(18,19)14-9-5-12(2)6-10-14/h3-10,15H,1-2H3. The molecular formula is C14H15NO5S2. The van der Waals surface area contributed by atoms with Gasteiger partial charge in [0.05, 0.1) is 9.79 Å². The SMILES string of the molecule is Cc1ccc(S(=O)(=O)NOS(=O)(=O)c2ccc(C)cc2)cc1. The molecule has 8 heteroatoms. The Bertz CT molecular complexity index is 779. The second-order valence-electron chi connectivity index (χ2n) is 4.75. The van der Waals surface area contributed by atoms with Gasteiger partial charge in [-0.15, -0.1) is 0 Å². The van der Waals surface area contributed by atoms with E-state index in [1.165, 1.54) is 24.3 Å². The van der Waals surface area contributed by atoms with Crippen molar-refractivity contribution in [3.05, 3.63) is 59.7 Å². The molecule has 0 spiro atoms. The van der Waals surface area contributed by atoms with Gasteiger partial charge in [0.1, 0.15) is 0 Å². The molecule has 0 aliphatic heterocycles. The van der Waals surface area contributed by atoms with Crippen LogP contribution in [0.4, 0.5) is 0 Å². The Kier molecular flexibility index (Phi) is 4.66. The summed E-state index contributed by atoms with van der Waals surface area (Å²) in [5.74, 6) is 0. The Balaban J connectivity index is 2.17. The van der Waals surface area contributed by atoms with Crippen LogP contribution < -0.4 is 4.89 Å². The van der Waals surface area contributed by atoms with Gasteiger partial charge in [0.2, 0.25) is 0 Å². The Morgan fingerprint density at radius 2 is 1.14 bits per heavy atom. The third-order valence-corrected chi connectivity index (χ3v) is 5.35. The summed E-state index contributed by atoms with van der Waals surface area (Å²) < 4.78 is 52.2. The lowest BCUT2D eigenvalue weighted by Gasteiger charge is -2.08. The Hall–Kier alpha value is -1.74. The minimum Gasteiger partial charge on any atom is -0.205 e. The molecule has 0 amide bonds. The zero-order valence-electron chi connectivity index (χ0n) is 12.0. The summed E-state index contributed by atoms with van der Waals surface area (Å²) in [6.07, 6.45) is 0. The lowest BCUT2D eigenvalue weighted by atomic mass is 10.2. The molecule has 0 fully saturated rings. The molecule has 0 aromatic heterocycles. The van der Waals surface area contributed by atoms with Crippen molar-refractivity contribution < 1.29 is 21.1 Å². The minimum absolute atomic E-state index is 0.0859. The number of rotatable bonds is 5. The van der Waals surface area contributed by atoms with Crippen molar-refractivity contribution in [1.29, 1.82) is 0 Å². The van der Waals surface area contributed by atoms with Crippen LogP contribution in [0.15, 0.2) is 58.3 Å². The molecule has 0 saturated heterocycles. The number of sulfonamides is 1. The summed E-state index contributed by atoms with van der Waals surface area (Å²) in [7, 11) is -8.29. The molecule has 118 valence electrons. The lowest BCUT2D eigenvalue weighted by molar-refractivity contribution is 0.273. The van der Waals surface area contributed by atoms with E-state index in [-0.39, 0.29) is 9.79 Å². The van der Waals surface area contributed by atoms with Gasteiger partial charge in [-0.05, 0) is 38.1 Å². The molecule has 0 heterocycles. The van der Waals surface area contributed by atoms with Crippen molar-refractivity contribution in [3.8, 4) is 0 Å². The molecule has 0 aliphatic carbocycles. The van der Waals surface area contributed by atoms with E-state index in [0.717, 1.165) is 11.1 Å². The normalized spacial score (nSPS) is 12.3. The molecular weight excluding hydrogens is 326 g/mol. The maximum Gasteiger partial charge on any atom is 0.313 e. The third-order valence-electron chi connectivity index (χ3n) is 2.89. The van der Waals surface area contributed by atoms with Gasteiger partial charge in [0.15, 0.2) is 0 Å². The van der Waals surface area contributed by atoms with E-state index < -0.39 is 20.1 Å². The van der Waals surface area contributed by atoms with Crippen molar-refractivity contribution in [2.45, 2.75) is 23.6 Å². The van der Waals surface area contributed by atoms with Crippen molar-refractivity contribution in [3.63, 3.8) is 0 Å². The summed E-state index contributed by atoms with van der Waals surface area (Å²) in [6.45, 7) is 3.61. The zero-order valence-corrected chi connectivity index (χ0v) is 13.6. The highest BCUT2D eigenvalue weighted by Gasteiger charge is 2.21. The van der Waals surface area contributed by atoms with Crippen LogP contribution >= 0.6 is 0 Å². The molecule has 2 rings (SSSR count). The van der Waals surface area contributed by atoms with E-state index in [1.807, 2.05) is 6.92 Å². The lowest BCUT2D eigenvalue weighted by Crippen LogP contribution is -2.27. The van der Waals surface area contributed by atoms with Crippen LogP contribution in [0.2, 0.25) is 0 Å². The molecule has 2 aromatic rings. The van der Waals surface area contributed by atoms with Gasteiger partial charge < -0.3 is 0 Å². The van der Waals surface area contributed by atoms with Crippen molar-refractivity contribution in [2.24, 2.45) is 0 Å². The molecule has 0 saturated carbocycles. The van der Waals surface area contributed by atoms with Gasteiger partial charge in [0.25, 0.3) is 10.0 Å². The quantitative estimate of drug-likeness (QED) is 0.839. The van der Waals surface area contributed by atoms with Crippen LogP contribution in [-0.2, 0) is 24.4 Å². The van der Waals surface area contributed by atoms with Gasteiger partial charge >= 0.3 is 10.1 Å². The van der Waals surface area contributed by atoms with Crippen LogP contribution in [0.1, 0.15) is 11.1 Å². The van der Waals surface area contributed by atoms with E-state index in [2.05, 4.69) is 4.28 Å². The van der Waals surface area contributed by atoms with E-state index in [1.54, 1.807) is 36.1 Å². The first-order valence-corrected chi connectivity index (χ1v) is 9.18. The summed E-state index contributed by atoms with van der Waals surface area (Å²) in [4.78, 5) is 1.41. The van der Waals surface area contributed by atoms with Gasteiger partial charge in [-0.1, -0.05) is 40.3 Å². The molecule has 0 bridgehead atoms. The minimum atomic E-state index is -4.22. The van der Waals surface area contributed by atoms with Crippen LogP contribution in [0, 0.1) is 13.8 Å². The van der Waals surface area contributed by atoms with Crippen LogP contribution in [-0.4, -0.2) is 16.8 Å². The van der Waals surface area contributed by atoms with Crippen molar-refractivity contribution in [1.82, 2.24) is 4.89 Å². The second-order valence-corrected chi connectivity index (χ2v) is 7.94. The number of hydrogen-bond donors (Lipinski definition) is 1. The molecule has 22 heavy (non-hydrogen) atoms. The average Bonchev–Trinajstić information content (AvgIpc) is 2.46. The third kappa shape index (κ3) is 3.92. The maximum absolute atomic E-state index is 12.0. The topological polar surface area (TPSA) is 89.5 Å². The van der Waals surface area contributed by atoms with Gasteiger partial charge in [-0.3, -0.25) is 0 Å². The number of benzene rings is 2. The summed E-state index contributed by atoms with van der Waals surface area (Å²) >= 11 is 0. The van der Waals surface area contributed by atoms with E-state index >= 15 is 0 Å². The number of nitrogens with one attached hydrogen (secondary N) is 1. The number of hydrogen-bond acceptors (Lipinski definition) is 5. The van der Waals surface area contributed by atoms with E-state index in [9.17, 15) is 16.8 Å². The van der Waals surface area contributed by atoms with Gasteiger partial charge in [0, 0.05) is 0 Å². The Morgan fingerprint density at radius 3 is 1.59 bits per heavy atom. The Labute approximate surface area is 129 Å². The van der Waals surface area contributed by atoms with E-state index in [0.29, 0.717) is 0 Å². The summed E-state index contributed by atoms with van der Waals surface area (Å²) in [6, 6.07) is 11.8. The fourth-order valence-electron chi connectivity index (χ4n) is 1.61. The summed E-state index contributed by atoms with van der Waals surface area (Å²) in [5.41, 5.74) is 1.76. The highest BCUT2D eigenvalue weighted by molar-refractivity contribution is 7.91. The van der Waals surface area contributed by atoms with Crippen LogP contribution in [0.5, 0.6) is 0 Å². The predicted molar refractivity (Wildman–Crippen MR) is 81.0 cm³/mol. The fraction of sp³-hybridized carbons (Fsp3) is 0.143. The number of aryl methyl sites for hydroxylation is 2. The molecule has 6 nitrogen and oxygen atoms in total. The predicted octanol–water partition coefficient (Wildman–Crippen LogP) is 1.90. The molecule has 1 N–H and O–H groups in total. The van der Waals surface area contributed by atoms with Crippen molar-refractivity contribution >= 4 is 20.1 Å². The monoisotopic (exact) mass is 341 g/mol. The molecule has 0 radical (unpaired) electrons. The first-order chi connectivity index (χ1) is 10.2. The van der Waals surface area contributed by atoms with Crippen LogP contribution in [0.3, 0.4) is 0 Å². The van der Waals surface area contributed by atoms with Crippen LogP contribution in [0.25, 0.3) is 0 Å². The molecule has 0 aliphatic rings. The van der Waals surface area contributed by atoms with E-state index in [4.69, 9.17) is 0 Å². The molecule has 0 unspecified atom stereocenters. The maximum atomic E-state index is 12.0. The van der Waals surface area contributed by atoms with Crippen molar-refractivity contribution in [2.75, 3.05) is 0 Å². The Morgan fingerprint density at radius 1 is 0.727 bits per heavy atom. The second kappa shape index (κ2) is 6.17. The average molecular weight is 341 g/mol. The zero-order chi connectivity index (χ0) is 16.4. The van der Waals surface area contributed by atoms with Gasteiger partial charge in [-0.2, -0.15) is 12.7 Å². The van der Waals surface area contributed by atoms with Gasteiger partial charge in [-0.25, -0.2) is 8.42 Å². The first kappa shape index (κ1) is 16.6. The summed E-state index contributed by atoms with van der Waals surface area (Å²) in [5, 5.41) is 0. The molecule has 0 atom stereocenters. The highest BCUT2D eigenvalue weighted by atomic mass is 32.2. The largest absolute Gasteiger partial charge is 0.313 e.